The Hall–Kier alpha value is -0.990. The van der Waals surface area contributed by atoms with E-state index in [-0.39, 0.29) is 17.2 Å². The molecular weight excluding hydrogens is 202 g/mol. The fraction of sp³-hybridized carbons (Fsp3) is 0.769. The van der Waals surface area contributed by atoms with Crippen LogP contribution in [0.5, 0.6) is 0 Å². The lowest BCUT2D eigenvalue weighted by molar-refractivity contribution is -0.126. The summed E-state index contributed by atoms with van der Waals surface area (Å²) in [4.78, 5) is 14.0. The molecule has 0 N–H and O–H groups in total. The van der Waals surface area contributed by atoms with Gasteiger partial charge in [-0.05, 0) is 5.92 Å². The van der Waals surface area contributed by atoms with Gasteiger partial charge in [-0.15, -0.1) is 0 Å². The first-order chi connectivity index (χ1) is 7.25. The Labute approximate surface area is 98.5 Å². The number of carbonyl (C=O) groups is 1. The minimum absolute atomic E-state index is 0.109. The van der Waals surface area contributed by atoms with Crippen LogP contribution in [0.25, 0.3) is 0 Å². The number of nitrogens with zero attached hydrogens (tertiary/aromatic N) is 1. The van der Waals surface area contributed by atoms with Crippen LogP contribution in [0, 0.1) is 11.3 Å². The normalized spacial score (nSPS) is 18.9. The maximum atomic E-state index is 12.2. The van der Waals surface area contributed by atoms with E-state index in [4.69, 9.17) is 4.74 Å². The second-order valence-corrected chi connectivity index (χ2v) is 5.72. The number of allylic oxidation sites excluding steroid dienone is 1. The molecule has 0 spiro atoms. The van der Waals surface area contributed by atoms with Crippen LogP contribution in [0.15, 0.2) is 11.3 Å². The predicted molar refractivity (Wildman–Crippen MR) is 64.9 cm³/mol. The topological polar surface area (TPSA) is 29.5 Å². The van der Waals surface area contributed by atoms with Gasteiger partial charge >= 0.3 is 0 Å². The van der Waals surface area contributed by atoms with Crippen LogP contribution in [0.4, 0.5) is 0 Å². The SMILES string of the molecule is CC(C)C1=C(C(C)(C)C)OCCN(C)C1=O. The molecule has 0 atom stereocenters. The monoisotopic (exact) mass is 225 g/mol. The van der Waals surface area contributed by atoms with Gasteiger partial charge in [0.05, 0.1) is 12.1 Å². The number of ether oxygens (including phenoxy) is 1. The van der Waals surface area contributed by atoms with Gasteiger partial charge in [-0.2, -0.15) is 0 Å². The molecule has 0 aromatic heterocycles. The zero-order valence-electron chi connectivity index (χ0n) is 11.3. The van der Waals surface area contributed by atoms with Crippen LogP contribution >= 0.6 is 0 Å². The van der Waals surface area contributed by atoms with Crippen molar-refractivity contribution < 1.29 is 9.53 Å². The molecule has 92 valence electrons. The fourth-order valence-electron chi connectivity index (χ4n) is 1.90. The maximum absolute atomic E-state index is 12.2. The summed E-state index contributed by atoms with van der Waals surface area (Å²) in [7, 11) is 1.83. The van der Waals surface area contributed by atoms with Gasteiger partial charge in [-0.25, -0.2) is 0 Å². The van der Waals surface area contributed by atoms with Gasteiger partial charge in [0.15, 0.2) is 0 Å². The molecule has 0 aromatic rings. The highest BCUT2D eigenvalue weighted by Crippen LogP contribution is 2.33. The van der Waals surface area contributed by atoms with E-state index < -0.39 is 0 Å². The van der Waals surface area contributed by atoms with Crippen molar-refractivity contribution >= 4 is 5.91 Å². The Morgan fingerprint density at radius 2 is 1.88 bits per heavy atom. The highest BCUT2D eigenvalue weighted by Gasteiger charge is 2.32. The smallest absolute Gasteiger partial charge is 0.253 e. The predicted octanol–water partition coefficient (Wildman–Crippen LogP) is 2.43. The molecule has 3 heteroatoms. The Morgan fingerprint density at radius 3 is 2.31 bits per heavy atom. The van der Waals surface area contributed by atoms with Crippen molar-refractivity contribution in [2.75, 3.05) is 20.2 Å². The van der Waals surface area contributed by atoms with E-state index in [1.165, 1.54) is 0 Å². The molecule has 1 amide bonds. The fourth-order valence-corrected chi connectivity index (χ4v) is 1.90. The maximum Gasteiger partial charge on any atom is 0.253 e. The van der Waals surface area contributed by atoms with Crippen molar-refractivity contribution in [2.24, 2.45) is 11.3 Å². The molecule has 1 rings (SSSR count). The van der Waals surface area contributed by atoms with Crippen molar-refractivity contribution in [1.82, 2.24) is 4.90 Å². The Bertz CT molecular complexity index is 310. The van der Waals surface area contributed by atoms with Crippen molar-refractivity contribution in [3.8, 4) is 0 Å². The van der Waals surface area contributed by atoms with Crippen LogP contribution < -0.4 is 0 Å². The summed E-state index contributed by atoms with van der Waals surface area (Å²) in [5.74, 6) is 1.16. The first-order valence-electron chi connectivity index (χ1n) is 5.88. The second-order valence-electron chi connectivity index (χ2n) is 5.72. The molecule has 0 saturated heterocycles. The van der Waals surface area contributed by atoms with Gasteiger partial charge in [0, 0.05) is 12.5 Å². The number of amides is 1. The van der Waals surface area contributed by atoms with Gasteiger partial charge < -0.3 is 9.64 Å². The van der Waals surface area contributed by atoms with Gasteiger partial charge in [0.2, 0.25) is 0 Å². The minimum atomic E-state index is -0.111. The van der Waals surface area contributed by atoms with E-state index in [2.05, 4.69) is 20.8 Å². The number of hydrogen-bond acceptors (Lipinski definition) is 2. The zero-order valence-corrected chi connectivity index (χ0v) is 11.3. The Balaban J connectivity index is 3.26. The van der Waals surface area contributed by atoms with E-state index in [0.717, 1.165) is 11.3 Å². The van der Waals surface area contributed by atoms with Crippen molar-refractivity contribution in [3.63, 3.8) is 0 Å². The third-order valence-corrected chi connectivity index (χ3v) is 2.75. The summed E-state index contributed by atoms with van der Waals surface area (Å²) in [6, 6.07) is 0. The summed E-state index contributed by atoms with van der Waals surface area (Å²) in [6.45, 7) is 11.6. The van der Waals surface area contributed by atoms with Crippen LogP contribution in [0.1, 0.15) is 34.6 Å². The molecule has 0 aliphatic carbocycles. The lowest BCUT2D eigenvalue weighted by atomic mass is 9.86. The summed E-state index contributed by atoms with van der Waals surface area (Å²) in [5, 5.41) is 0. The van der Waals surface area contributed by atoms with Crippen molar-refractivity contribution in [2.45, 2.75) is 34.6 Å². The Kier molecular flexibility index (Phi) is 3.66. The number of rotatable bonds is 1. The third-order valence-electron chi connectivity index (χ3n) is 2.75. The van der Waals surface area contributed by atoms with Crippen LogP contribution in [-0.2, 0) is 9.53 Å². The van der Waals surface area contributed by atoms with Gasteiger partial charge in [-0.1, -0.05) is 34.6 Å². The summed E-state index contributed by atoms with van der Waals surface area (Å²) in [5.41, 5.74) is 0.716. The lowest BCUT2D eigenvalue weighted by Gasteiger charge is -2.26. The standard InChI is InChI=1S/C13H23NO2/c1-9(2)10-11(13(3,4)5)16-8-7-14(6)12(10)15/h9H,7-8H2,1-6H3. The first kappa shape index (κ1) is 13.1. The highest BCUT2D eigenvalue weighted by atomic mass is 16.5. The number of likely N-dealkylation sites (N-methyl/N-ethyl adjacent to an activating group) is 1. The van der Waals surface area contributed by atoms with Crippen LogP contribution in [0.2, 0.25) is 0 Å². The molecule has 1 aliphatic rings. The molecule has 0 aromatic carbocycles. The minimum Gasteiger partial charge on any atom is -0.495 e. The van der Waals surface area contributed by atoms with Crippen molar-refractivity contribution in [3.05, 3.63) is 11.3 Å². The summed E-state index contributed by atoms with van der Waals surface area (Å²) in [6.07, 6.45) is 0. The van der Waals surface area contributed by atoms with E-state index in [1.807, 2.05) is 20.9 Å². The second kappa shape index (κ2) is 4.48. The van der Waals surface area contributed by atoms with Gasteiger partial charge in [-0.3, -0.25) is 4.79 Å². The summed E-state index contributed by atoms with van der Waals surface area (Å²) >= 11 is 0. The van der Waals surface area contributed by atoms with Crippen molar-refractivity contribution in [1.29, 1.82) is 0 Å². The molecule has 0 fully saturated rings. The highest BCUT2D eigenvalue weighted by molar-refractivity contribution is 5.94. The third kappa shape index (κ3) is 2.57. The quantitative estimate of drug-likeness (QED) is 0.686. The molecular formula is C13H23NO2. The molecule has 3 nitrogen and oxygen atoms in total. The molecule has 1 heterocycles. The van der Waals surface area contributed by atoms with E-state index in [0.29, 0.717) is 13.2 Å². The van der Waals surface area contributed by atoms with E-state index >= 15 is 0 Å². The van der Waals surface area contributed by atoms with Gasteiger partial charge in [0.1, 0.15) is 12.4 Å². The van der Waals surface area contributed by atoms with E-state index in [1.54, 1.807) is 4.90 Å². The van der Waals surface area contributed by atoms with Gasteiger partial charge in [0.25, 0.3) is 5.91 Å². The molecule has 0 saturated carbocycles. The van der Waals surface area contributed by atoms with E-state index in [9.17, 15) is 4.79 Å². The number of hydrogen-bond donors (Lipinski definition) is 0. The average molecular weight is 225 g/mol. The average Bonchev–Trinajstić information content (AvgIpc) is 2.26. The molecule has 0 bridgehead atoms. The molecule has 0 radical (unpaired) electrons. The van der Waals surface area contributed by atoms with Crippen LogP contribution in [-0.4, -0.2) is 31.0 Å². The largest absolute Gasteiger partial charge is 0.495 e. The number of carbonyl (C=O) groups excluding carboxylic acids is 1. The zero-order chi connectivity index (χ0) is 12.5. The first-order valence-corrected chi connectivity index (χ1v) is 5.88. The molecule has 1 aliphatic heterocycles. The summed E-state index contributed by atoms with van der Waals surface area (Å²) < 4.78 is 5.80. The molecule has 0 unspecified atom stereocenters. The van der Waals surface area contributed by atoms with Crippen LogP contribution in [0.3, 0.4) is 0 Å². The lowest BCUT2D eigenvalue weighted by Crippen LogP contribution is -2.31. The Morgan fingerprint density at radius 1 is 1.31 bits per heavy atom. The molecule has 16 heavy (non-hydrogen) atoms.